The van der Waals surface area contributed by atoms with Crippen LogP contribution in [-0.2, 0) is 12.4 Å². The van der Waals surface area contributed by atoms with Crippen LogP contribution >= 0.6 is 11.6 Å². The van der Waals surface area contributed by atoms with E-state index in [0.29, 0.717) is 17.0 Å². The highest BCUT2D eigenvalue weighted by Gasteiger charge is 2.13. The van der Waals surface area contributed by atoms with Crippen LogP contribution in [-0.4, -0.2) is 17.9 Å². The van der Waals surface area contributed by atoms with Crippen LogP contribution in [0.2, 0.25) is 0 Å². The van der Waals surface area contributed by atoms with E-state index < -0.39 is 11.6 Å². The van der Waals surface area contributed by atoms with Gasteiger partial charge in [-0.2, -0.15) is 0 Å². The molecule has 110 valence electrons. The van der Waals surface area contributed by atoms with Crippen molar-refractivity contribution in [3.8, 4) is 0 Å². The number of halogens is 3. The molecule has 0 bridgehead atoms. The lowest BCUT2D eigenvalue weighted by Gasteiger charge is -2.17. The van der Waals surface area contributed by atoms with E-state index >= 15 is 0 Å². The van der Waals surface area contributed by atoms with Gasteiger partial charge < -0.3 is 4.90 Å². The molecule has 0 saturated carbocycles. The molecule has 2 aromatic rings. The van der Waals surface area contributed by atoms with Crippen molar-refractivity contribution in [3.05, 3.63) is 70.8 Å². The van der Waals surface area contributed by atoms with E-state index in [1.165, 1.54) is 11.0 Å². The quantitative estimate of drug-likeness (QED) is 0.782. The minimum atomic E-state index is -0.917. The number of benzene rings is 2. The van der Waals surface area contributed by atoms with E-state index in [-0.39, 0.29) is 12.5 Å². The first-order valence-corrected chi connectivity index (χ1v) is 6.89. The molecule has 21 heavy (non-hydrogen) atoms. The highest BCUT2D eigenvalue weighted by molar-refractivity contribution is 6.17. The third kappa shape index (κ3) is 3.79. The summed E-state index contributed by atoms with van der Waals surface area (Å²) < 4.78 is 26.0. The average molecular weight is 310 g/mol. The Kier molecular flexibility index (Phi) is 4.91. The summed E-state index contributed by atoms with van der Waals surface area (Å²) in [5.74, 6) is -1.62. The molecule has 0 fully saturated rings. The topological polar surface area (TPSA) is 20.3 Å². The Labute approximate surface area is 127 Å². The average Bonchev–Trinajstić information content (AvgIpc) is 2.50. The summed E-state index contributed by atoms with van der Waals surface area (Å²) in [4.78, 5) is 13.7. The maximum absolute atomic E-state index is 13.1. The Morgan fingerprint density at radius 2 is 1.67 bits per heavy atom. The lowest BCUT2D eigenvalue weighted by atomic mass is 10.1. The van der Waals surface area contributed by atoms with Gasteiger partial charge in [-0.05, 0) is 35.4 Å². The van der Waals surface area contributed by atoms with Crippen molar-refractivity contribution in [2.45, 2.75) is 12.4 Å². The first kappa shape index (κ1) is 15.4. The summed E-state index contributed by atoms with van der Waals surface area (Å²) in [5.41, 5.74) is 1.98. The first-order chi connectivity index (χ1) is 10.0. The van der Waals surface area contributed by atoms with E-state index in [4.69, 9.17) is 11.6 Å². The van der Waals surface area contributed by atoms with Gasteiger partial charge in [-0.25, -0.2) is 8.78 Å². The van der Waals surface area contributed by atoms with Crippen molar-refractivity contribution in [2.75, 3.05) is 7.05 Å². The van der Waals surface area contributed by atoms with Gasteiger partial charge in [0.2, 0.25) is 0 Å². The molecule has 0 saturated heterocycles. The SMILES string of the molecule is CN(Cc1ccc(F)c(F)c1)C(=O)c1ccc(CCl)cc1. The van der Waals surface area contributed by atoms with Crippen molar-refractivity contribution in [2.24, 2.45) is 0 Å². The third-order valence-corrected chi connectivity index (χ3v) is 3.41. The predicted molar refractivity (Wildman–Crippen MR) is 78.2 cm³/mol. The van der Waals surface area contributed by atoms with Crippen LogP contribution < -0.4 is 0 Å². The summed E-state index contributed by atoms with van der Waals surface area (Å²) in [6, 6.07) is 10.6. The van der Waals surface area contributed by atoms with E-state index in [1.54, 1.807) is 31.3 Å². The molecule has 1 amide bonds. The molecule has 0 aromatic heterocycles. The smallest absolute Gasteiger partial charge is 0.253 e. The second-order valence-corrected chi connectivity index (χ2v) is 5.01. The summed E-state index contributed by atoms with van der Waals surface area (Å²) in [6.07, 6.45) is 0. The number of nitrogens with zero attached hydrogens (tertiary/aromatic N) is 1. The molecular weight excluding hydrogens is 296 g/mol. The molecule has 0 aliphatic heterocycles. The zero-order valence-corrected chi connectivity index (χ0v) is 12.2. The first-order valence-electron chi connectivity index (χ1n) is 6.35. The fourth-order valence-corrected chi connectivity index (χ4v) is 2.12. The number of carbonyl (C=O) groups is 1. The van der Waals surface area contributed by atoms with Gasteiger partial charge in [0, 0.05) is 25.0 Å². The van der Waals surface area contributed by atoms with E-state index in [9.17, 15) is 13.6 Å². The number of rotatable bonds is 4. The molecule has 2 nitrogen and oxygen atoms in total. The number of carbonyl (C=O) groups excluding carboxylic acids is 1. The number of hydrogen-bond acceptors (Lipinski definition) is 1. The largest absolute Gasteiger partial charge is 0.337 e. The second-order valence-electron chi connectivity index (χ2n) is 4.74. The van der Waals surface area contributed by atoms with Gasteiger partial charge in [-0.15, -0.1) is 11.6 Å². The Morgan fingerprint density at radius 3 is 2.24 bits per heavy atom. The normalized spacial score (nSPS) is 10.5. The molecule has 0 atom stereocenters. The van der Waals surface area contributed by atoms with E-state index in [1.807, 2.05) is 0 Å². The van der Waals surface area contributed by atoms with Crippen molar-refractivity contribution in [3.63, 3.8) is 0 Å². The molecule has 0 spiro atoms. The summed E-state index contributed by atoms with van der Waals surface area (Å²) >= 11 is 5.69. The predicted octanol–water partition coefficient (Wildman–Crippen LogP) is 3.98. The molecule has 0 aliphatic rings. The maximum atomic E-state index is 13.1. The Bertz CT molecular complexity index is 643. The van der Waals surface area contributed by atoms with Gasteiger partial charge in [-0.1, -0.05) is 18.2 Å². The standard InChI is InChI=1S/C16H14ClF2NO/c1-20(10-12-4-7-14(18)15(19)8-12)16(21)13-5-2-11(9-17)3-6-13/h2-8H,9-10H2,1H3. The Morgan fingerprint density at radius 1 is 1.05 bits per heavy atom. The molecule has 0 heterocycles. The van der Waals surface area contributed by atoms with Gasteiger partial charge in [0.1, 0.15) is 0 Å². The molecule has 0 aliphatic carbocycles. The van der Waals surface area contributed by atoms with Crippen molar-refractivity contribution in [1.29, 1.82) is 0 Å². The van der Waals surface area contributed by atoms with E-state index in [0.717, 1.165) is 17.7 Å². The fourth-order valence-electron chi connectivity index (χ4n) is 1.94. The maximum Gasteiger partial charge on any atom is 0.253 e. The van der Waals surface area contributed by atoms with Gasteiger partial charge in [0.25, 0.3) is 5.91 Å². The molecular formula is C16H14ClF2NO. The molecule has 2 rings (SSSR count). The summed E-state index contributed by atoms with van der Waals surface area (Å²) in [5, 5.41) is 0. The Balaban J connectivity index is 2.09. The highest BCUT2D eigenvalue weighted by Crippen LogP contribution is 2.13. The van der Waals surface area contributed by atoms with Crippen LogP contribution in [0.5, 0.6) is 0 Å². The van der Waals surface area contributed by atoms with Gasteiger partial charge >= 0.3 is 0 Å². The zero-order chi connectivity index (χ0) is 15.4. The van der Waals surface area contributed by atoms with Gasteiger partial charge in [-0.3, -0.25) is 4.79 Å². The Hall–Kier alpha value is -1.94. The van der Waals surface area contributed by atoms with Crippen molar-refractivity contribution >= 4 is 17.5 Å². The molecule has 0 radical (unpaired) electrons. The van der Waals surface area contributed by atoms with Crippen LogP contribution in [0, 0.1) is 11.6 Å². The number of alkyl halides is 1. The van der Waals surface area contributed by atoms with Gasteiger partial charge in [0.15, 0.2) is 11.6 Å². The minimum absolute atomic E-state index is 0.194. The molecule has 0 unspecified atom stereocenters. The second kappa shape index (κ2) is 6.68. The molecule has 2 aromatic carbocycles. The molecule has 0 N–H and O–H groups in total. The van der Waals surface area contributed by atoms with E-state index in [2.05, 4.69) is 0 Å². The van der Waals surface area contributed by atoms with Crippen LogP contribution in [0.1, 0.15) is 21.5 Å². The van der Waals surface area contributed by atoms with Gasteiger partial charge in [0.05, 0.1) is 0 Å². The van der Waals surface area contributed by atoms with Crippen LogP contribution in [0.15, 0.2) is 42.5 Å². The lowest BCUT2D eigenvalue weighted by molar-refractivity contribution is 0.0785. The van der Waals surface area contributed by atoms with Crippen LogP contribution in [0.4, 0.5) is 8.78 Å². The van der Waals surface area contributed by atoms with Crippen molar-refractivity contribution in [1.82, 2.24) is 4.90 Å². The lowest BCUT2D eigenvalue weighted by Crippen LogP contribution is -2.26. The summed E-state index contributed by atoms with van der Waals surface area (Å²) in [7, 11) is 1.61. The highest BCUT2D eigenvalue weighted by atomic mass is 35.5. The van der Waals surface area contributed by atoms with Crippen LogP contribution in [0.25, 0.3) is 0 Å². The number of hydrogen-bond donors (Lipinski definition) is 0. The minimum Gasteiger partial charge on any atom is -0.337 e. The monoisotopic (exact) mass is 309 g/mol. The fraction of sp³-hybridized carbons (Fsp3) is 0.188. The summed E-state index contributed by atoms with van der Waals surface area (Å²) in [6.45, 7) is 0.202. The zero-order valence-electron chi connectivity index (χ0n) is 11.4. The number of amides is 1. The van der Waals surface area contributed by atoms with Crippen LogP contribution in [0.3, 0.4) is 0 Å². The van der Waals surface area contributed by atoms with Crippen molar-refractivity contribution < 1.29 is 13.6 Å². The third-order valence-electron chi connectivity index (χ3n) is 3.11. The molecule has 5 heteroatoms.